The number of hydrogen-bond donors (Lipinski definition) is 4. The number of amides is 1. The Kier molecular flexibility index (Phi) is 8.11. The molecule has 1 aliphatic carbocycles. The van der Waals surface area contributed by atoms with Crippen molar-refractivity contribution in [3.63, 3.8) is 0 Å². The van der Waals surface area contributed by atoms with Crippen molar-refractivity contribution < 1.29 is 4.79 Å². The van der Waals surface area contributed by atoms with Gasteiger partial charge in [0.15, 0.2) is 0 Å². The van der Waals surface area contributed by atoms with E-state index in [1.165, 1.54) is 45.6 Å². The monoisotopic (exact) mass is 458 g/mol. The molecule has 0 unspecified atom stereocenters. The minimum Gasteiger partial charge on any atom is -0.398 e. The first-order valence-corrected chi connectivity index (χ1v) is 11.7. The highest BCUT2D eigenvalue weighted by Crippen LogP contribution is 2.39. The average molecular weight is 459 g/mol. The average Bonchev–Trinajstić information content (AvgIpc) is 3.16. The van der Waals surface area contributed by atoms with E-state index in [0.29, 0.717) is 18.8 Å². The van der Waals surface area contributed by atoms with Gasteiger partial charge in [0.1, 0.15) is 17.0 Å². The summed E-state index contributed by atoms with van der Waals surface area (Å²) in [7, 11) is 1.69. The predicted molar refractivity (Wildman–Crippen MR) is 133 cm³/mol. The van der Waals surface area contributed by atoms with E-state index in [0.717, 1.165) is 40.5 Å². The number of thiophene rings is 1. The number of nitrogens with zero attached hydrogens (tertiary/aromatic N) is 3. The molecule has 0 bridgehead atoms. The van der Waals surface area contributed by atoms with Crippen LogP contribution in [0.25, 0.3) is 10.2 Å². The lowest BCUT2D eigenvalue weighted by molar-refractivity contribution is -0.116. The van der Waals surface area contributed by atoms with Gasteiger partial charge in [-0.1, -0.05) is 6.92 Å². The van der Waals surface area contributed by atoms with Gasteiger partial charge >= 0.3 is 0 Å². The van der Waals surface area contributed by atoms with E-state index >= 15 is 0 Å². The molecule has 7 nitrogen and oxygen atoms in total. The molecule has 1 amide bonds. The van der Waals surface area contributed by atoms with Gasteiger partial charge in [0.25, 0.3) is 0 Å². The first kappa shape index (κ1) is 23.3. The van der Waals surface area contributed by atoms with E-state index in [9.17, 15) is 4.79 Å². The van der Waals surface area contributed by atoms with Gasteiger partial charge in [0.2, 0.25) is 6.41 Å². The molecule has 0 spiro atoms. The van der Waals surface area contributed by atoms with Crippen LogP contribution in [-0.4, -0.2) is 41.4 Å². The molecule has 4 rings (SSSR count). The molecule has 1 aliphatic rings. The number of likely N-dealkylation sites (N-methyl/N-ethyl adjacent to an activating group) is 1. The maximum atomic E-state index is 9.77. The minimum atomic E-state index is 0.537. The molecular formula is C22H30N6OS2. The molecule has 0 radical (unpaired) electrons. The Hall–Kier alpha value is -2.36. The third-order valence-electron chi connectivity index (χ3n) is 5.30. The molecule has 2 heterocycles. The number of nitrogen functional groups attached to an aromatic ring is 1. The van der Waals surface area contributed by atoms with Crippen LogP contribution in [0.1, 0.15) is 35.8 Å². The number of aryl methyl sites for hydroxylation is 3. The Labute approximate surface area is 192 Å². The molecule has 3 aromatic rings. The number of benzene rings is 1. The van der Waals surface area contributed by atoms with E-state index in [2.05, 4.69) is 34.8 Å². The Bertz CT molecular complexity index is 1050. The Morgan fingerprint density at radius 1 is 1.29 bits per heavy atom. The van der Waals surface area contributed by atoms with Crippen molar-refractivity contribution in [1.29, 1.82) is 0 Å². The summed E-state index contributed by atoms with van der Waals surface area (Å²) in [5.41, 5.74) is 15.4. The molecule has 2 aromatic heterocycles. The SMILES string of the molecule is CCc1cc(N)c(S)cc1Nc1ncnc2sc3c(c12)CCCC3.CN(C=O)CCN. The fourth-order valence-corrected chi connectivity index (χ4v) is 5.05. The first-order chi connectivity index (χ1) is 15.0. The molecule has 0 atom stereocenters. The number of anilines is 3. The fraction of sp³-hybridized carbons (Fsp3) is 0.409. The lowest BCUT2D eigenvalue weighted by Gasteiger charge is -2.15. The number of rotatable bonds is 6. The number of carbonyl (C=O) groups is 1. The van der Waals surface area contributed by atoms with E-state index in [4.69, 9.17) is 11.5 Å². The number of fused-ring (bicyclic) bond motifs is 3. The van der Waals surface area contributed by atoms with Crippen molar-refractivity contribution in [2.45, 2.75) is 43.9 Å². The second kappa shape index (κ2) is 10.8. The van der Waals surface area contributed by atoms with Crippen molar-refractivity contribution in [3.05, 3.63) is 34.5 Å². The normalized spacial score (nSPS) is 12.6. The third kappa shape index (κ3) is 5.47. The fourth-order valence-electron chi connectivity index (χ4n) is 3.63. The van der Waals surface area contributed by atoms with Crippen LogP contribution in [0.5, 0.6) is 0 Å². The summed E-state index contributed by atoms with van der Waals surface area (Å²) in [6, 6.07) is 3.98. The van der Waals surface area contributed by atoms with Gasteiger partial charge in [0.05, 0.1) is 5.39 Å². The van der Waals surface area contributed by atoms with Crippen LogP contribution in [0.15, 0.2) is 23.4 Å². The van der Waals surface area contributed by atoms with Gasteiger partial charge in [-0.25, -0.2) is 9.97 Å². The highest BCUT2D eigenvalue weighted by Gasteiger charge is 2.20. The summed E-state index contributed by atoms with van der Waals surface area (Å²) < 4.78 is 0. The predicted octanol–water partition coefficient (Wildman–Crippen LogP) is 3.78. The Morgan fingerprint density at radius 2 is 2.06 bits per heavy atom. The summed E-state index contributed by atoms with van der Waals surface area (Å²) in [6.07, 6.45) is 8.11. The first-order valence-electron chi connectivity index (χ1n) is 10.5. The lowest BCUT2D eigenvalue weighted by atomic mass is 9.97. The molecule has 166 valence electrons. The van der Waals surface area contributed by atoms with Gasteiger partial charge in [-0.3, -0.25) is 4.79 Å². The molecule has 9 heteroatoms. The van der Waals surface area contributed by atoms with Gasteiger partial charge < -0.3 is 21.7 Å². The van der Waals surface area contributed by atoms with Crippen molar-refractivity contribution in [2.24, 2.45) is 5.73 Å². The third-order valence-corrected chi connectivity index (χ3v) is 6.89. The van der Waals surface area contributed by atoms with E-state index in [-0.39, 0.29) is 0 Å². The van der Waals surface area contributed by atoms with Crippen LogP contribution in [0.4, 0.5) is 17.2 Å². The molecule has 5 N–H and O–H groups in total. The van der Waals surface area contributed by atoms with Crippen molar-refractivity contribution in [2.75, 3.05) is 31.2 Å². The van der Waals surface area contributed by atoms with Crippen LogP contribution in [0.3, 0.4) is 0 Å². The zero-order chi connectivity index (χ0) is 22.4. The van der Waals surface area contributed by atoms with Crippen LogP contribution in [-0.2, 0) is 24.1 Å². The number of nitrogens with one attached hydrogen (secondary N) is 1. The smallest absolute Gasteiger partial charge is 0.209 e. The van der Waals surface area contributed by atoms with Gasteiger partial charge in [0, 0.05) is 41.3 Å². The maximum Gasteiger partial charge on any atom is 0.209 e. The number of aromatic nitrogens is 2. The second-order valence-electron chi connectivity index (χ2n) is 7.53. The Morgan fingerprint density at radius 3 is 2.74 bits per heavy atom. The number of thiol groups is 1. The number of carbonyl (C=O) groups excluding carboxylic acids is 1. The van der Waals surface area contributed by atoms with Crippen molar-refractivity contribution in [1.82, 2.24) is 14.9 Å². The van der Waals surface area contributed by atoms with E-state index in [1.807, 2.05) is 23.5 Å². The molecule has 0 aliphatic heterocycles. The van der Waals surface area contributed by atoms with Crippen molar-refractivity contribution >= 4 is 57.8 Å². The van der Waals surface area contributed by atoms with Gasteiger partial charge in [-0.15, -0.1) is 24.0 Å². The summed E-state index contributed by atoms with van der Waals surface area (Å²) in [6.45, 7) is 3.30. The van der Waals surface area contributed by atoms with E-state index in [1.54, 1.807) is 13.4 Å². The molecule has 0 saturated carbocycles. The quantitative estimate of drug-likeness (QED) is 0.254. The zero-order valence-corrected chi connectivity index (χ0v) is 19.7. The summed E-state index contributed by atoms with van der Waals surface area (Å²) in [4.78, 5) is 23.6. The minimum absolute atomic E-state index is 0.537. The lowest BCUT2D eigenvalue weighted by Crippen LogP contribution is -2.23. The highest BCUT2D eigenvalue weighted by molar-refractivity contribution is 7.80. The van der Waals surface area contributed by atoms with Crippen LogP contribution in [0, 0.1) is 0 Å². The Balaban J connectivity index is 0.000000339. The summed E-state index contributed by atoms with van der Waals surface area (Å²) in [5, 5.41) is 4.71. The second-order valence-corrected chi connectivity index (χ2v) is 9.10. The summed E-state index contributed by atoms with van der Waals surface area (Å²) >= 11 is 6.28. The van der Waals surface area contributed by atoms with Crippen molar-refractivity contribution in [3.8, 4) is 0 Å². The van der Waals surface area contributed by atoms with Gasteiger partial charge in [-0.2, -0.15) is 0 Å². The largest absolute Gasteiger partial charge is 0.398 e. The topological polar surface area (TPSA) is 110 Å². The number of hydrogen-bond acceptors (Lipinski definition) is 8. The van der Waals surface area contributed by atoms with Crippen LogP contribution < -0.4 is 16.8 Å². The summed E-state index contributed by atoms with van der Waals surface area (Å²) in [5.74, 6) is 0.895. The highest BCUT2D eigenvalue weighted by atomic mass is 32.1. The standard InChI is InChI=1S/C18H20N4S2.C4H10N2O/c1-2-10-7-12(19)14(23)8-13(10)22-17-16-11-5-3-4-6-15(11)24-18(16)21-9-20-17;1-6(4-7)3-2-5/h7-9,23H,2-6,19H2,1H3,(H,20,21,22);4H,2-3,5H2,1H3. The van der Waals surface area contributed by atoms with E-state index < -0.39 is 0 Å². The zero-order valence-electron chi connectivity index (χ0n) is 18.0. The molecule has 31 heavy (non-hydrogen) atoms. The molecule has 0 fully saturated rings. The molecule has 1 aromatic carbocycles. The maximum absolute atomic E-state index is 9.77. The number of nitrogens with two attached hydrogens (primary N) is 2. The molecule has 0 saturated heterocycles. The molecular weight excluding hydrogens is 428 g/mol. The van der Waals surface area contributed by atoms with Crippen LogP contribution in [0.2, 0.25) is 0 Å². The van der Waals surface area contributed by atoms with Gasteiger partial charge in [-0.05, 0) is 55.4 Å². The van der Waals surface area contributed by atoms with Crippen LogP contribution >= 0.6 is 24.0 Å².